The average Bonchev–Trinajstić information content (AvgIpc) is 3.23. The van der Waals surface area contributed by atoms with Gasteiger partial charge in [0.1, 0.15) is 5.75 Å². The first-order valence-corrected chi connectivity index (χ1v) is 9.79. The lowest BCUT2D eigenvalue weighted by Crippen LogP contribution is -2.48. The number of ether oxygens (including phenoxy) is 1. The van der Waals surface area contributed by atoms with Crippen LogP contribution in [0.25, 0.3) is 22.4 Å². The molecule has 0 N–H and O–H groups in total. The minimum atomic E-state index is -0.0577. The Bertz CT molecular complexity index is 1200. The number of fused-ring (bicyclic) bond motifs is 1. The smallest absolute Gasteiger partial charge is 0.258 e. The number of aromatic nitrogens is 4. The van der Waals surface area contributed by atoms with Gasteiger partial charge in [-0.15, -0.1) is 0 Å². The van der Waals surface area contributed by atoms with Gasteiger partial charge in [0.2, 0.25) is 17.5 Å². The third-order valence-electron chi connectivity index (χ3n) is 5.13. The zero-order valence-electron chi connectivity index (χ0n) is 16.4. The van der Waals surface area contributed by atoms with Crippen molar-refractivity contribution in [1.29, 1.82) is 0 Å². The van der Waals surface area contributed by atoms with Crippen molar-refractivity contribution in [2.75, 3.05) is 19.7 Å². The highest BCUT2D eigenvalue weighted by Gasteiger charge is 2.37. The Kier molecular flexibility index (Phi) is 4.59. The summed E-state index contributed by atoms with van der Waals surface area (Å²) in [5, 5.41) is 5.85. The highest BCUT2D eigenvalue weighted by molar-refractivity contribution is 6.09. The van der Waals surface area contributed by atoms with Crippen LogP contribution in [0.15, 0.2) is 59.4 Å². The van der Waals surface area contributed by atoms with Crippen molar-refractivity contribution >= 4 is 16.7 Å². The summed E-state index contributed by atoms with van der Waals surface area (Å²) in [7, 11) is 0. The number of nitrogens with zero attached hydrogens (tertiary/aromatic N) is 5. The van der Waals surface area contributed by atoms with Gasteiger partial charge in [0.15, 0.2) is 0 Å². The van der Waals surface area contributed by atoms with Gasteiger partial charge in [0.05, 0.1) is 18.1 Å². The van der Waals surface area contributed by atoms with E-state index in [1.54, 1.807) is 23.4 Å². The van der Waals surface area contributed by atoms with Gasteiger partial charge in [-0.25, -0.2) is 9.97 Å². The summed E-state index contributed by atoms with van der Waals surface area (Å²) >= 11 is 0. The molecule has 1 saturated heterocycles. The van der Waals surface area contributed by atoms with Crippen LogP contribution in [0.4, 0.5) is 0 Å². The Labute approximate surface area is 172 Å². The molecule has 150 valence electrons. The lowest BCUT2D eigenvalue weighted by molar-refractivity contribution is 0.0567. The van der Waals surface area contributed by atoms with Crippen molar-refractivity contribution in [3.8, 4) is 17.4 Å². The Morgan fingerprint density at radius 1 is 1.10 bits per heavy atom. The molecule has 1 aliphatic heterocycles. The molecule has 0 bridgehead atoms. The van der Waals surface area contributed by atoms with E-state index in [-0.39, 0.29) is 11.8 Å². The van der Waals surface area contributed by atoms with E-state index < -0.39 is 0 Å². The molecule has 2 aromatic carbocycles. The molecule has 8 heteroatoms. The fourth-order valence-electron chi connectivity index (χ4n) is 3.61. The second-order valence-corrected chi connectivity index (χ2v) is 7.03. The van der Waals surface area contributed by atoms with Crippen LogP contribution in [0.5, 0.6) is 5.75 Å². The first-order chi connectivity index (χ1) is 14.7. The van der Waals surface area contributed by atoms with E-state index in [0.29, 0.717) is 48.5 Å². The minimum Gasteiger partial charge on any atom is -0.493 e. The van der Waals surface area contributed by atoms with Gasteiger partial charge >= 0.3 is 0 Å². The zero-order valence-corrected chi connectivity index (χ0v) is 16.4. The van der Waals surface area contributed by atoms with Crippen LogP contribution in [0.1, 0.15) is 29.1 Å². The third kappa shape index (κ3) is 3.16. The Morgan fingerprint density at radius 2 is 1.90 bits per heavy atom. The Balaban J connectivity index is 1.36. The topological polar surface area (TPSA) is 94.2 Å². The summed E-state index contributed by atoms with van der Waals surface area (Å²) in [5.41, 5.74) is 0.595. The fourth-order valence-corrected chi connectivity index (χ4v) is 3.61. The molecule has 1 fully saturated rings. The number of likely N-dealkylation sites (tertiary alicyclic amines) is 1. The second-order valence-electron chi connectivity index (χ2n) is 7.03. The maximum atomic E-state index is 13.3. The largest absolute Gasteiger partial charge is 0.493 e. The van der Waals surface area contributed by atoms with Crippen LogP contribution in [-0.2, 0) is 0 Å². The number of carbonyl (C=O) groups is 1. The molecule has 4 aromatic rings. The second kappa shape index (κ2) is 7.55. The SMILES string of the molecule is CCOc1ccc2ccccc2c1C(=O)N1CC(c2nc(-c3ncccn3)no2)C1. The summed E-state index contributed by atoms with van der Waals surface area (Å²) in [4.78, 5) is 27.7. The zero-order chi connectivity index (χ0) is 20.5. The number of benzene rings is 2. The molecular weight excluding hydrogens is 382 g/mol. The monoisotopic (exact) mass is 401 g/mol. The van der Waals surface area contributed by atoms with Crippen LogP contribution in [-0.4, -0.2) is 50.6 Å². The van der Waals surface area contributed by atoms with E-state index in [1.165, 1.54) is 0 Å². The van der Waals surface area contributed by atoms with E-state index in [0.717, 1.165) is 10.8 Å². The summed E-state index contributed by atoms with van der Waals surface area (Å²) in [6.45, 7) is 3.41. The summed E-state index contributed by atoms with van der Waals surface area (Å²) in [6.07, 6.45) is 3.25. The predicted octanol–water partition coefficient (Wildman–Crippen LogP) is 3.32. The molecule has 2 aromatic heterocycles. The van der Waals surface area contributed by atoms with Crippen molar-refractivity contribution in [3.63, 3.8) is 0 Å². The van der Waals surface area contributed by atoms with Gasteiger partial charge in [0.25, 0.3) is 5.91 Å². The van der Waals surface area contributed by atoms with E-state index in [1.807, 2.05) is 43.3 Å². The molecule has 5 rings (SSSR count). The average molecular weight is 401 g/mol. The van der Waals surface area contributed by atoms with Crippen LogP contribution in [0, 0.1) is 0 Å². The highest BCUT2D eigenvalue weighted by atomic mass is 16.5. The quantitative estimate of drug-likeness (QED) is 0.506. The summed E-state index contributed by atoms with van der Waals surface area (Å²) in [6, 6.07) is 13.4. The predicted molar refractivity (Wildman–Crippen MR) is 109 cm³/mol. The van der Waals surface area contributed by atoms with Gasteiger partial charge in [-0.3, -0.25) is 4.79 Å². The molecule has 0 radical (unpaired) electrons. The van der Waals surface area contributed by atoms with E-state index in [2.05, 4.69) is 20.1 Å². The maximum Gasteiger partial charge on any atom is 0.258 e. The minimum absolute atomic E-state index is 0.00979. The van der Waals surface area contributed by atoms with Crippen LogP contribution in [0.2, 0.25) is 0 Å². The molecule has 1 aliphatic rings. The lowest BCUT2D eigenvalue weighted by Gasteiger charge is -2.37. The van der Waals surface area contributed by atoms with Crippen molar-refractivity contribution < 1.29 is 14.1 Å². The molecular formula is C22H19N5O3. The Morgan fingerprint density at radius 3 is 2.70 bits per heavy atom. The summed E-state index contributed by atoms with van der Waals surface area (Å²) < 4.78 is 11.1. The van der Waals surface area contributed by atoms with Gasteiger partial charge in [-0.05, 0) is 29.8 Å². The first-order valence-electron chi connectivity index (χ1n) is 9.79. The number of rotatable bonds is 5. The van der Waals surface area contributed by atoms with E-state index >= 15 is 0 Å². The molecule has 8 nitrogen and oxygen atoms in total. The molecule has 0 aliphatic carbocycles. The van der Waals surface area contributed by atoms with Crippen molar-refractivity contribution in [3.05, 3.63) is 66.3 Å². The van der Waals surface area contributed by atoms with Gasteiger partial charge < -0.3 is 14.2 Å². The molecule has 0 spiro atoms. The van der Waals surface area contributed by atoms with Gasteiger partial charge in [-0.1, -0.05) is 35.5 Å². The van der Waals surface area contributed by atoms with Crippen molar-refractivity contribution in [2.24, 2.45) is 0 Å². The molecule has 0 saturated carbocycles. The number of amides is 1. The molecule has 0 atom stereocenters. The molecule has 1 amide bonds. The maximum absolute atomic E-state index is 13.3. The molecule has 3 heterocycles. The van der Waals surface area contributed by atoms with E-state index in [9.17, 15) is 4.79 Å². The molecule has 30 heavy (non-hydrogen) atoms. The molecule has 0 unspecified atom stereocenters. The number of hydrogen-bond donors (Lipinski definition) is 0. The summed E-state index contributed by atoms with van der Waals surface area (Å²) in [5.74, 6) is 1.79. The van der Waals surface area contributed by atoms with E-state index in [4.69, 9.17) is 9.26 Å². The van der Waals surface area contributed by atoms with Crippen LogP contribution < -0.4 is 4.74 Å². The lowest BCUT2D eigenvalue weighted by atomic mass is 9.96. The number of carbonyl (C=O) groups excluding carboxylic acids is 1. The first kappa shape index (κ1) is 18.2. The Hall–Kier alpha value is -3.81. The van der Waals surface area contributed by atoms with Gasteiger partial charge in [-0.2, -0.15) is 4.98 Å². The van der Waals surface area contributed by atoms with Crippen molar-refractivity contribution in [2.45, 2.75) is 12.8 Å². The number of hydrogen-bond acceptors (Lipinski definition) is 7. The fraction of sp³-hybridized carbons (Fsp3) is 0.227. The van der Waals surface area contributed by atoms with Gasteiger partial charge in [0, 0.05) is 25.5 Å². The van der Waals surface area contributed by atoms with Crippen LogP contribution in [0.3, 0.4) is 0 Å². The van der Waals surface area contributed by atoms with Crippen molar-refractivity contribution in [1.82, 2.24) is 25.0 Å². The normalized spacial score (nSPS) is 14.0. The van der Waals surface area contributed by atoms with Crippen LogP contribution >= 0.6 is 0 Å². The third-order valence-corrected chi connectivity index (χ3v) is 5.13. The highest BCUT2D eigenvalue weighted by Crippen LogP contribution is 2.34. The standard InChI is InChI=1S/C22H19N5O3/c1-2-29-17-9-8-14-6-3-4-7-16(14)18(17)22(28)27-12-15(13-27)21-25-20(26-30-21)19-23-10-5-11-24-19/h3-11,15H,2,12-13H2,1H3.